The summed E-state index contributed by atoms with van der Waals surface area (Å²) in [4.78, 5) is 16.5. The van der Waals surface area contributed by atoms with Gasteiger partial charge in [-0.15, -0.1) is 5.10 Å². The van der Waals surface area contributed by atoms with E-state index in [1.807, 2.05) is 24.0 Å². The maximum atomic E-state index is 12.3. The Bertz CT molecular complexity index is 434. The largest absolute Gasteiger partial charge is 0.352 e. The van der Waals surface area contributed by atoms with Crippen LogP contribution in [0.1, 0.15) is 32.4 Å². The van der Waals surface area contributed by atoms with Gasteiger partial charge in [0, 0.05) is 32.1 Å². The Morgan fingerprint density at radius 2 is 1.80 bits per heavy atom. The van der Waals surface area contributed by atoms with Crippen LogP contribution in [-0.2, 0) is 4.79 Å². The molecular formula is C15H24N4O. The molecule has 1 aliphatic rings. The molecule has 1 aromatic rings. The van der Waals surface area contributed by atoms with Gasteiger partial charge in [-0.1, -0.05) is 13.8 Å². The predicted molar refractivity (Wildman–Crippen MR) is 79.6 cm³/mol. The lowest BCUT2D eigenvalue weighted by molar-refractivity contribution is -0.136. The number of carbonyl (C=O) groups is 1. The van der Waals surface area contributed by atoms with E-state index in [0.717, 1.165) is 50.5 Å². The first-order valence-electron chi connectivity index (χ1n) is 7.49. The van der Waals surface area contributed by atoms with E-state index < -0.39 is 0 Å². The van der Waals surface area contributed by atoms with Crippen LogP contribution in [-0.4, -0.2) is 47.2 Å². The van der Waals surface area contributed by atoms with Gasteiger partial charge in [-0.2, -0.15) is 5.10 Å². The Kier molecular flexibility index (Phi) is 4.93. The van der Waals surface area contributed by atoms with Crippen LogP contribution in [0.25, 0.3) is 0 Å². The number of hydrogen-bond acceptors (Lipinski definition) is 4. The second-order valence-electron chi connectivity index (χ2n) is 5.36. The lowest BCUT2D eigenvalue weighted by Crippen LogP contribution is -2.50. The third kappa shape index (κ3) is 3.26. The first kappa shape index (κ1) is 14.8. The average molecular weight is 276 g/mol. The lowest BCUT2D eigenvalue weighted by atomic mass is 10.0. The van der Waals surface area contributed by atoms with Crippen molar-refractivity contribution in [2.45, 2.75) is 33.6 Å². The van der Waals surface area contributed by atoms with E-state index in [9.17, 15) is 4.79 Å². The summed E-state index contributed by atoms with van der Waals surface area (Å²) >= 11 is 0. The summed E-state index contributed by atoms with van der Waals surface area (Å²) in [6, 6.07) is 3.98. The van der Waals surface area contributed by atoms with Crippen molar-refractivity contribution in [3.63, 3.8) is 0 Å². The van der Waals surface area contributed by atoms with Crippen LogP contribution in [0.5, 0.6) is 0 Å². The molecule has 2 rings (SSSR count). The molecule has 0 N–H and O–H groups in total. The molecule has 2 heterocycles. The quantitative estimate of drug-likeness (QED) is 0.842. The van der Waals surface area contributed by atoms with E-state index in [0.29, 0.717) is 5.91 Å². The van der Waals surface area contributed by atoms with Crippen LogP contribution in [0.4, 0.5) is 5.82 Å². The van der Waals surface area contributed by atoms with Crippen molar-refractivity contribution in [2.75, 3.05) is 31.1 Å². The van der Waals surface area contributed by atoms with Crippen molar-refractivity contribution in [3.05, 3.63) is 17.8 Å². The number of rotatable bonds is 4. The minimum absolute atomic E-state index is 0.181. The van der Waals surface area contributed by atoms with Crippen molar-refractivity contribution >= 4 is 11.7 Å². The Labute approximate surface area is 121 Å². The first-order valence-corrected chi connectivity index (χ1v) is 7.49. The fourth-order valence-corrected chi connectivity index (χ4v) is 2.61. The molecule has 20 heavy (non-hydrogen) atoms. The number of anilines is 1. The van der Waals surface area contributed by atoms with Crippen molar-refractivity contribution in [2.24, 2.45) is 5.92 Å². The molecule has 0 unspecified atom stereocenters. The lowest BCUT2D eigenvalue weighted by Gasteiger charge is -2.36. The van der Waals surface area contributed by atoms with E-state index in [2.05, 4.69) is 28.9 Å². The summed E-state index contributed by atoms with van der Waals surface area (Å²) in [5.74, 6) is 1.40. The summed E-state index contributed by atoms with van der Waals surface area (Å²) < 4.78 is 0. The van der Waals surface area contributed by atoms with Crippen LogP contribution >= 0.6 is 0 Å². The Hall–Kier alpha value is -1.65. The van der Waals surface area contributed by atoms with E-state index in [-0.39, 0.29) is 5.92 Å². The number of nitrogens with zero attached hydrogens (tertiary/aromatic N) is 4. The van der Waals surface area contributed by atoms with Gasteiger partial charge in [0.2, 0.25) is 5.91 Å². The van der Waals surface area contributed by atoms with Gasteiger partial charge in [0.1, 0.15) is 0 Å². The number of amides is 1. The highest BCUT2D eigenvalue weighted by Crippen LogP contribution is 2.16. The Balaban J connectivity index is 1.92. The SMILES string of the molecule is CCC(CC)C(=O)N1CCN(c2ccc(C)nn2)CC1. The van der Waals surface area contributed by atoms with Gasteiger partial charge in [-0.05, 0) is 31.9 Å². The van der Waals surface area contributed by atoms with E-state index >= 15 is 0 Å². The first-order chi connectivity index (χ1) is 9.65. The molecule has 5 heteroatoms. The third-order valence-corrected chi connectivity index (χ3v) is 4.03. The van der Waals surface area contributed by atoms with Crippen LogP contribution < -0.4 is 4.90 Å². The average Bonchev–Trinajstić information content (AvgIpc) is 2.49. The molecule has 0 atom stereocenters. The standard InChI is InChI=1S/C15H24N4O/c1-4-13(5-2)15(20)19-10-8-18(9-11-19)14-7-6-12(3)16-17-14/h6-7,13H,4-5,8-11H2,1-3H3. The maximum Gasteiger partial charge on any atom is 0.225 e. The molecular weight excluding hydrogens is 252 g/mol. The van der Waals surface area contributed by atoms with Crippen LogP contribution in [0.15, 0.2) is 12.1 Å². The fraction of sp³-hybridized carbons (Fsp3) is 0.667. The van der Waals surface area contributed by atoms with Gasteiger partial charge in [0.25, 0.3) is 0 Å². The number of aryl methyl sites for hydroxylation is 1. The molecule has 0 saturated carbocycles. The van der Waals surface area contributed by atoms with Gasteiger partial charge in [0.05, 0.1) is 5.69 Å². The zero-order valence-electron chi connectivity index (χ0n) is 12.7. The summed E-state index contributed by atoms with van der Waals surface area (Å²) in [5, 5.41) is 8.30. The normalized spacial score (nSPS) is 15.8. The van der Waals surface area contributed by atoms with Crippen LogP contribution in [0.3, 0.4) is 0 Å². The van der Waals surface area contributed by atoms with Gasteiger partial charge in [-0.25, -0.2) is 0 Å². The fourth-order valence-electron chi connectivity index (χ4n) is 2.61. The zero-order valence-corrected chi connectivity index (χ0v) is 12.7. The van der Waals surface area contributed by atoms with Crippen molar-refractivity contribution in [3.8, 4) is 0 Å². The number of hydrogen-bond donors (Lipinski definition) is 0. The second-order valence-corrected chi connectivity index (χ2v) is 5.36. The molecule has 1 aromatic heterocycles. The molecule has 1 aliphatic heterocycles. The molecule has 0 spiro atoms. The van der Waals surface area contributed by atoms with Gasteiger partial charge in [0.15, 0.2) is 5.82 Å². The highest BCUT2D eigenvalue weighted by Gasteiger charge is 2.25. The van der Waals surface area contributed by atoms with Crippen molar-refractivity contribution in [1.82, 2.24) is 15.1 Å². The molecule has 0 aromatic carbocycles. The predicted octanol–water partition coefficient (Wildman–Crippen LogP) is 1.87. The third-order valence-electron chi connectivity index (χ3n) is 4.03. The van der Waals surface area contributed by atoms with Gasteiger partial charge < -0.3 is 9.80 Å². The smallest absolute Gasteiger partial charge is 0.225 e. The zero-order chi connectivity index (χ0) is 14.5. The highest BCUT2D eigenvalue weighted by molar-refractivity contribution is 5.79. The van der Waals surface area contributed by atoms with E-state index in [1.165, 1.54) is 0 Å². The molecule has 0 radical (unpaired) electrons. The summed E-state index contributed by atoms with van der Waals surface area (Å²) in [6.45, 7) is 9.35. The van der Waals surface area contributed by atoms with E-state index in [1.54, 1.807) is 0 Å². The Morgan fingerprint density at radius 1 is 1.15 bits per heavy atom. The topological polar surface area (TPSA) is 49.3 Å². The number of carbonyl (C=O) groups excluding carboxylic acids is 1. The molecule has 110 valence electrons. The molecule has 1 fully saturated rings. The van der Waals surface area contributed by atoms with Crippen LogP contribution in [0.2, 0.25) is 0 Å². The molecule has 1 amide bonds. The molecule has 0 aliphatic carbocycles. The molecule has 5 nitrogen and oxygen atoms in total. The maximum absolute atomic E-state index is 12.3. The molecule has 1 saturated heterocycles. The highest BCUT2D eigenvalue weighted by atomic mass is 16.2. The molecule has 0 bridgehead atoms. The summed E-state index contributed by atoms with van der Waals surface area (Å²) in [7, 11) is 0. The Morgan fingerprint density at radius 3 is 2.30 bits per heavy atom. The number of piperazine rings is 1. The van der Waals surface area contributed by atoms with Gasteiger partial charge >= 0.3 is 0 Å². The van der Waals surface area contributed by atoms with Crippen molar-refractivity contribution < 1.29 is 4.79 Å². The summed E-state index contributed by atoms with van der Waals surface area (Å²) in [5.41, 5.74) is 0.927. The minimum atomic E-state index is 0.181. The van der Waals surface area contributed by atoms with Crippen LogP contribution in [0, 0.1) is 12.8 Å². The minimum Gasteiger partial charge on any atom is -0.352 e. The summed E-state index contributed by atoms with van der Waals surface area (Å²) in [6.07, 6.45) is 1.86. The monoisotopic (exact) mass is 276 g/mol. The number of aromatic nitrogens is 2. The van der Waals surface area contributed by atoms with E-state index in [4.69, 9.17) is 0 Å². The van der Waals surface area contributed by atoms with Gasteiger partial charge in [-0.3, -0.25) is 4.79 Å². The van der Waals surface area contributed by atoms with Crippen molar-refractivity contribution in [1.29, 1.82) is 0 Å². The second kappa shape index (κ2) is 6.68.